The molecule has 0 aliphatic carbocycles. The minimum Gasteiger partial charge on any atom is -0.481 e. The first-order valence-electron chi connectivity index (χ1n) is 8.60. The fourth-order valence-electron chi connectivity index (χ4n) is 3.01. The summed E-state index contributed by atoms with van der Waals surface area (Å²) in [5.74, 6) is -0.699. The van der Waals surface area contributed by atoms with Crippen molar-refractivity contribution in [1.29, 1.82) is 0 Å². The maximum atomic E-state index is 13.1. The van der Waals surface area contributed by atoms with Gasteiger partial charge in [-0.15, -0.1) is 0 Å². The van der Waals surface area contributed by atoms with E-state index in [2.05, 4.69) is 5.32 Å². The Morgan fingerprint density at radius 2 is 1.71 bits per heavy atom. The first kappa shape index (κ1) is 19.7. The van der Waals surface area contributed by atoms with E-state index in [1.807, 2.05) is 0 Å². The Hall–Kier alpha value is -3.03. The minimum atomic E-state index is -4.45. The Kier molecular flexibility index (Phi) is 4.82. The van der Waals surface area contributed by atoms with Crippen LogP contribution in [0.1, 0.15) is 26.3 Å². The summed E-state index contributed by atoms with van der Waals surface area (Å²) in [5.41, 5.74) is -0.938. The number of nitrogens with one attached hydrogen (secondary N) is 1. The van der Waals surface area contributed by atoms with Gasteiger partial charge in [0.1, 0.15) is 11.3 Å². The van der Waals surface area contributed by atoms with Gasteiger partial charge in [0.25, 0.3) is 5.91 Å². The number of carbonyl (C=O) groups is 2. The van der Waals surface area contributed by atoms with Crippen LogP contribution in [0.25, 0.3) is 0 Å². The number of ether oxygens (including phenoxy) is 1. The molecule has 0 aromatic heterocycles. The monoisotopic (exact) mass is 392 g/mol. The lowest BCUT2D eigenvalue weighted by Gasteiger charge is -2.42. The lowest BCUT2D eigenvalue weighted by Crippen LogP contribution is -2.60. The highest BCUT2D eigenvalue weighted by Crippen LogP contribution is 2.37. The number of nitrogens with zero attached hydrogens (tertiary/aromatic N) is 1. The molecule has 0 bridgehead atoms. The molecule has 1 heterocycles. The number of para-hydroxylation sites is 2. The summed E-state index contributed by atoms with van der Waals surface area (Å²) >= 11 is 0. The van der Waals surface area contributed by atoms with Crippen LogP contribution in [-0.2, 0) is 15.8 Å². The number of hydrogen-bond donors (Lipinski definition) is 1. The van der Waals surface area contributed by atoms with Gasteiger partial charge in [-0.2, -0.15) is 13.2 Å². The molecule has 1 atom stereocenters. The Bertz CT molecular complexity index is 908. The van der Waals surface area contributed by atoms with Gasteiger partial charge in [0.05, 0.1) is 16.9 Å². The molecule has 1 aliphatic rings. The molecule has 0 fully saturated rings. The van der Waals surface area contributed by atoms with Crippen molar-refractivity contribution in [3.63, 3.8) is 0 Å². The maximum Gasteiger partial charge on any atom is 0.416 e. The van der Waals surface area contributed by atoms with Crippen molar-refractivity contribution in [1.82, 2.24) is 0 Å². The summed E-state index contributed by atoms with van der Waals surface area (Å²) in [5, 5.41) is 2.76. The lowest BCUT2D eigenvalue weighted by molar-refractivity contribution is -0.137. The van der Waals surface area contributed by atoms with Gasteiger partial charge in [0.15, 0.2) is 6.10 Å². The van der Waals surface area contributed by atoms with E-state index in [1.165, 1.54) is 11.8 Å². The maximum absolute atomic E-state index is 13.1. The molecule has 148 valence electrons. The van der Waals surface area contributed by atoms with E-state index in [9.17, 15) is 22.8 Å². The van der Waals surface area contributed by atoms with Crippen molar-refractivity contribution >= 4 is 23.2 Å². The highest BCUT2D eigenvalue weighted by molar-refractivity contribution is 6.14. The van der Waals surface area contributed by atoms with Crippen LogP contribution in [0.3, 0.4) is 0 Å². The highest BCUT2D eigenvalue weighted by atomic mass is 19.4. The molecule has 3 rings (SSSR count). The number of alkyl halides is 3. The average Bonchev–Trinajstić information content (AvgIpc) is 2.62. The second-order valence-corrected chi connectivity index (χ2v) is 6.99. The van der Waals surface area contributed by atoms with Gasteiger partial charge in [-0.25, -0.2) is 0 Å². The van der Waals surface area contributed by atoms with Crippen LogP contribution in [0.15, 0.2) is 48.5 Å². The van der Waals surface area contributed by atoms with E-state index in [-0.39, 0.29) is 11.7 Å². The molecule has 2 amide bonds. The summed E-state index contributed by atoms with van der Waals surface area (Å²) in [6, 6.07) is 11.0. The van der Waals surface area contributed by atoms with Crippen LogP contribution in [0, 0.1) is 0 Å². The normalized spacial score (nSPS) is 16.8. The van der Waals surface area contributed by atoms with Crippen molar-refractivity contribution in [2.45, 2.75) is 38.6 Å². The molecule has 0 radical (unpaired) electrons. The van der Waals surface area contributed by atoms with Crippen LogP contribution in [0.2, 0.25) is 0 Å². The van der Waals surface area contributed by atoms with E-state index in [4.69, 9.17) is 4.74 Å². The molecular weight excluding hydrogens is 373 g/mol. The predicted molar refractivity (Wildman–Crippen MR) is 98.2 cm³/mol. The van der Waals surface area contributed by atoms with Crippen LogP contribution in [-0.4, -0.2) is 23.5 Å². The van der Waals surface area contributed by atoms with Gasteiger partial charge in [0, 0.05) is 0 Å². The molecule has 0 saturated carbocycles. The zero-order valence-electron chi connectivity index (χ0n) is 15.5. The number of fused-ring (bicyclic) bond motifs is 1. The smallest absolute Gasteiger partial charge is 0.416 e. The number of halogens is 3. The largest absolute Gasteiger partial charge is 0.481 e. The van der Waals surface area contributed by atoms with E-state index in [0.29, 0.717) is 11.4 Å². The lowest BCUT2D eigenvalue weighted by atomic mass is 9.95. The fraction of sp³-hybridized carbons (Fsp3) is 0.300. The van der Waals surface area contributed by atoms with Crippen molar-refractivity contribution < 1.29 is 27.5 Å². The van der Waals surface area contributed by atoms with Gasteiger partial charge in [-0.3, -0.25) is 14.5 Å². The second-order valence-electron chi connectivity index (χ2n) is 6.99. The third-order valence-corrected chi connectivity index (χ3v) is 4.57. The van der Waals surface area contributed by atoms with E-state index in [1.54, 1.807) is 38.1 Å². The molecule has 0 spiro atoms. The zero-order valence-corrected chi connectivity index (χ0v) is 15.5. The van der Waals surface area contributed by atoms with Crippen LogP contribution in [0.4, 0.5) is 24.5 Å². The predicted octanol–water partition coefficient (Wildman–Crippen LogP) is 4.24. The Labute approximate surface area is 160 Å². The zero-order chi connectivity index (χ0) is 20.7. The molecule has 2 aromatic rings. The summed E-state index contributed by atoms with van der Waals surface area (Å²) in [6.07, 6.45) is -5.47. The fourth-order valence-corrected chi connectivity index (χ4v) is 3.01. The van der Waals surface area contributed by atoms with Gasteiger partial charge in [-0.1, -0.05) is 12.1 Å². The minimum absolute atomic E-state index is 0.126. The summed E-state index contributed by atoms with van der Waals surface area (Å²) in [7, 11) is 0. The molecule has 5 nitrogen and oxygen atoms in total. The second kappa shape index (κ2) is 6.85. The highest BCUT2D eigenvalue weighted by Gasteiger charge is 2.45. The van der Waals surface area contributed by atoms with Crippen LogP contribution < -0.4 is 15.0 Å². The Morgan fingerprint density at radius 1 is 1.11 bits per heavy atom. The van der Waals surface area contributed by atoms with Gasteiger partial charge >= 0.3 is 6.18 Å². The number of benzene rings is 2. The third kappa shape index (κ3) is 3.54. The molecule has 8 heteroatoms. The van der Waals surface area contributed by atoms with Crippen LogP contribution in [0.5, 0.6) is 5.75 Å². The van der Waals surface area contributed by atoms with Gasteiger partial charge in [-0.05, 0) is 57.2 Å². The third-order valence-electron chi connectivity index (χ3n) is 4.57. The molecule has 0 saturated heterocycles. The van der Waals surface area contributed by atoms with Crippen LogP contribution >= 0.6 is 0 Å². The first-order valence-corrected chi connectivity index (χ1v) is 8.60. The molecule has 1 aliphatic heterocycles. The number of carbonyl (C=O) groups excluding carboxylic acids is 2. The molecule has 0 unspecified atom stereocenters. The summed E-state index contributed by atoms with van der Waals surface area (Å²) < 4.78 is 43.6. The van der Waals surface area contributed by atoms with Crippen molar-refractivity contribution in [3.05, 3.63) is 54.1 Å². The number of anilines is 2. The van der Waals surface area contributed by atoms with E-state index >= 15 is 0 Å². The van der Waals surface area contributed by atoms with Gasteiger partial charge < -0.3 is 10.1 Å². The molecular formula is C20H19F3N2O3. The topological polar surface area (TPSA) is 58.6 Å². The van der Waals surface area contributed by atoms with E-state index < -0.39 is 29.3 Å². The molecule has 2 aromatic carbocycles. The Balaban J connectivity index is 1.85. The SMILES string of the molecule is C[C@H](Oc1ccc(C(F)(F)F)cc1)C(=O)N1c2ccccc2NC(=O)C1(C)C. The van der Waals surface area contributed by atoms with Gasteiger partial charge in [0.2, 0.25) is 5.91 Å². The summed E-state index contributed by atoms with van der Waals surface area (Å²) in [6.45, 7) is 4.72. The van der Waals surface area contributed by atoms with Crippen molar-refractivity contribution in [3.8, 4) is 5.75 Å². The number of hydrogen-bond acceptors (Lipinski definition) is 3. The summed E-state index contributed by atoms with van der Waals surface area (Å²) in [4.78, 5) is 26.9. The quantitative estimate of drug-likeness (QED) is 0.850. The van der Waals surface area contributed by atoms with E-state index in [0.717, 1.165) is 24.3 Å². The number of amides is 2. The van der Waals surface area contributed by atoms with Crippen molar-refractivity contribution in [2.24, 2.45) is 0 Å². The molecule has 1 N–H and O–H groups in total. The molecule has 28 heavy (non-hydrogen) atoms. The first-order chi connectivity index (χ1) is 13.0. The Morgan fingerprint density at radius 3 is 2.32 bits per heavy atom. The average molecular weight is 392 g/mol. The number of rotatable bonds is 3. The standard InChI is InChI=1S/C20H19F3N2O3/c1-12(28-14-10-8-13(9-11-14)20(21,22)23)17(26)25-16-7-5-4-6-15(16)24-18(27)19(25,2)3/h4-12H,1-3H3,(H,24,27)/t12-/m0/s1. The van der Waals surface area contributed by atoms with Crippen molar-refractivity contribution in [2.75, 3.05) is 10.2 Å².